The van der Waals surface area contributed by atoms with Crippen LogP contribution in [0, 0.1) is 0 Å². The number of ether oxygens (including phenoxy) is 3. The van der Waals surface area contributed by atoms with Gasteiger partial charge in [-0.2, -0.15) is 0 Å². The van der Waals surface area contributed by atoms with Gasteiger partial charge in [-0.15, -0.1) is 0 Å². The van der Waals surface area contributed by atoms with Crippen molar-refractivity contribution in [2.45, 2.75) is 110 Å². The maximum atomic E-state index is 8.91. The van der Waals surface area contributed by atoms with E-state index in [1.807, 2.05) is 13.8 Å². The highest BCUT2D eigenvalue weighted by molar-refractivity contribution is 4.55. The van der Waals surface area contributed by atoms with E-state index in [9.17, 15) is 0 Å². The third kappa shape index (κ3) is 18.4. The Morgan fingerprint density at radius 2 is 1.04 bits per heavy atom. The molecule has 0 saturated carbocycles. The number of rotatable bonds is 19. The van der Waals surface area contributed by atoms with Crippen LogP contribution >= 0.6 is 0 Å². The lowest BCUT2D eigenvalue weighted by atomic mass is 10.1. The van der Waals surface area contributed by atoms with Gasteiger partial charge in [-0.1, -0.05) is 64.7 Å². The van der Waals surface area contributed by atoms with Crippen LogP contribution in [0.1, 0.15) is 91.9 Å². The molecule has 3 unspecified atom stereocenters. The van der Waals surface area contributed by atoms with Gasteiger partial charge >= 0.3 is 0 Å². The molecule has 25 heavy (non-hydrogen) atoms. The van der Waals surface area contributed by atoms with E-state index in [0.29, 0.717) is 13.2 Å². The first-order valence-corrected chi connectivity index (χ1v) is 10.6. The molecule has 0 radical (unpaired) electrons. The maximum Gasteiger partial charge on any atom is 0.0781 e. The second-order valence-corrected chi connectivity index (χ2v) is 7.33. The summed E-state index contributed by atoms with van der Waals surface area (Å²) in [5.74, 6) is 0. The lowest BCUT2D eigenvalue weighted by Crippen LogP contribution is -2.26. The standard InChI is InChI=1S/C21H44O4/c1-5-6-7-8-9-10-11-12-13-14-15-23-20(3)17-25-21(4)18-24-19(2)16-22/h19-22H,5-18H2,1-4H3. The van der Waals surface area contributed by atoms with Crippen molar-refractivity contribution in [1.29, 1.82) is 0 Å². The Labute approximate surface area is 156 Å². The zero-order valence-electron chi connectivity index (χ0n) is 17.3. The second-order valence-electron chi connectivity index (χ2n) is 7.33. The molecular weight excluding hydrogens is 316 g/mol. The number of aliphatic hydroxyl groups excluding tert-OH is 1. The van der Waals surface area contributed by atoms with Crippen molar-refractivity contribution in [2.75, 3.05) is 26.4 Å². The fourth-order valence-corrected chi connectivity index (χ4v) is 2.62. The fourth-order valence-electron chi connectivity index (χ4n) is 2.62. The minimum Gasteiger partial charge on any atom is -0.394 e. The Morgan fingerprint density at radius 3 is 1.56 bits per heavy atom. The summed E-state index contributed by atoms with van der Waals surface area (Å²) in [4.78, 5) is 0. The smallest absolute Gasteiger partial charge is 0.0781 e. The van der Waals surface area contributed by atoms with E-state index in [0.717, 1.165) is 13.0 Å². The van der Waals surface area contributed by atoms with Gasteiger partial charge in [-0.25, -0.2) is 0 Å². The minimum absolute atomic E-state index is 0.0253. The van der Waals surface area contributed by atoms with E-state index in [2.05, 4.69) is 13.8 Å². The third-order valence-corrected chi connectivity index (χ3v) is 4.39. The lowest BCUT2D eigenvalue weighted by molar-refractivity contribution is -0.0746. The van der Waals surface area contributed by atoms with E-state index in [1.54, 1.807) is 0 Å². The molecule has 0 amide bonds. The molecule has 0 aliphatic rings. The highest BCUT2D eigenvalue weighted by Crippen LogP contribution is 2.10. The molecule has 0 fully saturated rings. The largest absolute Gasteiger partial charge is 0.394 e. The molecule has 0 saturated heterocycles. The molecule has 4 heteroatoms. The first-order valence-electron chi connectivity index (χ1n) is 10.6. The van der Waals surface area contributed by atoms with Gasteiger partial charge in [0.1, 0.15) is 0 Å². The first kappa shape index (κ1) is 24.8. The maximum absolute atomic E-state index is 8.91. The molecule has 0 aliphatic carbocycles. The van der Waals surface area contributed by atoms with Crippen molar-refractivity contribution in [3.8, 4) is 0 Å². The molecule has 0 spiro atoms. The predicted molar refractivity (Wildman–Crippen MR) is 105 cm³/mol. The Hall–Kier alpha value is -0.160. The molecule has 0 aliphatic heterocycles. The highest BCUT2D eigenvalue weighted by Gasteiger charge is 2.09. The summed E-state index contributed by atoms with van der Waals surface area (Å²) in [6.07, 6.45) is 13.5. The molecule has 0 bridgehead atoms. The molecule has 3 atom stereocenters. The lowest BCUT2D eigenvalue weighted by Gasteiger charge is -2.19. The average Bonchev–Trinajstić information content (AvgIpc) is 2.62. The summed E-state index contributed by atoms with van der Waals surface area (Å²) in [5, 5.41) is 8.91. The zero-order valence-corrected chi connectivity index (χ0v) is 17.3. The summed E-state index contributed by atoms with van der Waals surface area (Å²) in [6, 6.07) is 0. The van der Waals surface area contributed by atoms with Crippen molar-refractivity contribution in [1.82, 2.24) is 0 Å². The first-order chi connectivity index (χ1) is 12.1. The van der Waals surface area contributed by atoms with E-state index in [-0.39, 0.29) is 24.9 Å². The molecule has 0 aromatic carbocycles. The van der Waals surface area contributed by atoms with Crippen LogP contribution in [0.5, 0.6) is 0 Å². The second kappa shape index (κ2) is 18.6. The van der Waals surface area contributed by atoms with Crippen LogP contribution in [0.3, 0.4) is 0 Å². The monoisotopic (exact) mass is 360 g/mol. The predicted octanol–water partition coefficient (Wildman–Crippen LogP) is 5.11. The molecule has 0 aromatic rings. The number of aliphatic hydroxyl groups is 1. The van der Waals surface area contributed by atoms with Gasteiger partial charge in [0.15, 0.2) is 0 Å². The van der Waals surface area contributed by atoms with Crippen molar-refractivity contribution < 1.29 is 19.3 Å². The average molecular weight is 361 g/mol. The van der Waals surface area contributed by atoms with Crippen molar-refractivity contribution in [3.05, 3.63) is 0 Å². The van der Waals surface area contributed by atoms with Crippen molar-refractivity contribution in [3.63, 3.8) is 0 Å². The fraction of sp³-hybridized carbons (Fsp3) is 1.00. The molecule has 0 rings (SSSR count). The SMILES string of the molecule is CCCCCCCCCCCCOC(C)COC(C)COC(C)CO. The van der Waals surface area contributed by atoms with Gasteiger partial charge in [0.25, 0.3) is 0 Å². The van der Waals surface area contributed by atoms with Crippen LogP contribution < -0.4 is 0 Å². The van der Waals surface area contributed by atoms with Crippen LogP contribution in [-0.4, -0.2) is 49.8 Å². The Kier molecular flexibility index (Phi) is 18.5. The van der Waals surface area contributed by atoms with Gasteiger partial charge in [-0.3, -0.25) is 0 Å². The number of hydrogen-bond acceptors (Lipinski definition) is 4. The number of hydrogen-bond donors (Lipinski definition) is 1. The summed E-state index contributed by atoms with van der Waals surface area (Å²) in [5.41, 5.74) is 0. The van der Waals surface area contributed by atoms with Gasteiger partial charge in [0.05, 0.1) is 38.1 Å². The van der Waals surface area contributed by atoms with Crippen molar-refractivity contribution in [2.24, 2.45) is 0 Å². The van der Waals surface area contributed by atoms with E-state index >= 15 is 0 Å². The van der Waals surface area contributed by atoms with Crippen LogP contribution in [0.15, 0.2) is 0 Å². The van der Waals surface area contributed by atoms with E-state index in [4.69, 9.17) is 19.3 Å². The molecule has 4 nitrogen and oxygen atoms in total. The van der Waals surface area contributed by atoms with Crippen molar-refractivity contribution >= 4 is 0 Å². The van der Waals surface area contributed by atoms with Crippen LogP contribution in [0.4, 0.5) is 0 Å². The normalized spacial score (nSPS) is 15.2. The topological polar surface area (TPSA) is 47.9 Å². The van der Waals surface area contributed by atoms with Gasteiger partial charge in [0, 0.05) is 6.61 Å². The third-order valence-electron chi connectivity index (χ3n) is 4.39. The Morgan fingerprint density at radius 1 is 0.600 bits per heavy atom. The molecule has 0 aromatic heterocycles. The number of unbranched alkanes of at least 4 members (excludes halogenated alkanes) is 9. The Bertz CT molecular complexity index is 260. The molecule has 0 heterocycles. The Balaban J connectivity index is 3.31. The van der Waals surface area contributed by atoms with Gasteiger partial charge in [0.2, 0.25) is 0 Å². The minimum atomic E-state index is -0.129. The van der Waals surface area contributed by atoms with Crippen LogP contribution in [0.2, 0.25) is 0 Å². The summed E-state index contributed by atoms with van der Waals surface area (Å²) in [6.45, 7) is 10.1. The molecule has 1 N–H and O–H groups in total. The molecule has 152 valence electrons. The summed E-state index contributed by atoms with van der Waals surface area (Å²) in [7, 11) is 0. The van der Waals surface area contributed by atoms with E-state index < -0.39 is 0 Å². The quantitative estimate of drug-likeness (QED) is 0.325. The zero-order chi connectivity index (χ0) is 18.8. The highest BCUT2D eigenvalue weighted by atomic mass is 16.6. The van der Waals surface area contributed by atoms with Gasteiger partial charge < -0.3 is 19.3 Å². The van der Waals surface area contributed by atoms with Crippen LogP contribution in [0.25, 0.3) is 0 Å². The van der Waals surface area contributed by atoms with Gasteiger partial charge in [-0.05, 0) is 27.2 Å². The van der Waals surface area contributed by atoms with E-state index in [1.165, 1.54) is 57.8 Å². The molecular formula is C21H44O4. The van der Waals surface area contributed by atoms with Crippen LogP contribution in [-0.2, 0) is 14.2 Å². The summed E-state index contributed by atoms with van der Waals surface area (Å²) < 4.78 is 17.0. The summed E-state index contributed by atoms with van der Waals surface area (Å²) >= 11 is 0.